The van der Waals surface area contributed by atoms with Gasteiger partial charge in [0, 0.05) is 23.5 Å². The number of aromatic amines is 2. The molecule has 0 aliphatic carbocycles. The van der Waals surface area contributed by atoms with E-state index in [4.69, 9.17) is 23.2 Å². The molecule has 0 aliphatic heterocycles. The lowest BCUT2D eigenvalue weighted by Gasteiger charge is -2.04. The molecular weight excluding hydrogens is 319 g/mol. The first-order valence-corrected chi connectivity index (χ1v) is 7.42. The molecule has 0 saturated heterocycles. The van der Waals surface area contributed by atoms with Crippen LogP contribution >= 0.6 is 23.2 Å². The molecule has 22 heavy (non-hydrogen) atoms. The zero-order valence-corrected chi connectivity index (χ0v) is 12.8. The Morgan fingerprint density at radius 1 is 0.909 bits per heavy atom. The molecule has 4 rings (SSSR count). The van der Waals surface area contributed by atoms with Crippen molar-refractivity contribution in [3.8, 4) is 22.8 Å². The maximum atomic E-state index is 6.06. The van der Waals surface area contributed by atoms with E-state index in [1.165, 1.54) is 0 Å². The number of nitrogens with zero attached hydrogens (tertiary/aromatic N) is 2. The van der Waals surface area contributed by atoms with Crippen LogP contribution in [-0.2, 0) is 0 Å². The number of rotatable bonds is 2. The van der Waals surface area contributed by atoms with E-state index in [1.54, 1.807) is 24.5 Å². The molecule has 2 heterocycles. The number of hydrogen-bond acceptors (Lipinski definition) is 2. The van der Waals surface area contributed by atoms with Crippen LogP contribution in [0.2, 0.25) is 10.0 Å². The Hall–Kier alpha value is -2.30. The average Bonchev–Trinajstić information content (AvgIpc) is 3.17. The second-order valence-corrected chi connectivity index (χ2v) is 5.67. The molecule has 0 unspecified atom stereocenters. The Labute approximate surface area is 136 Å². The maximum absolute atomic E-state index is 6.06. The standard InChI is InChI=1S/C16H10Cl2N4/c17-11-7-13-14(8-12(11)18)22-16(21-13)10-4-2-1-3-9(10)15-19-5-6-20-15/h1-8H,(H,19,20)(H,21,22). The van der Waals surface area contributed by atoms with Crippen molar-refractivity contribution in [2.45, 2.75) is 0 Å². The van der Waals surface area contributed by atoms with Crippen molar-refractivity contribution in [3.63, 3.8) is 0 Å². The second kappa shape index (κ2) is 5.16. The number of H-pyrrole nitrogens is 2. The van der Waals surface area contributed by atoms with Crippen LogP contribution in [0, 0.1) is 0 Å². The Kier molecular flexibility index (Phi) is 3.13. The molecule has 108 valence electrons. The minimum Gasteiger partial charge on any atom is -0.345 e. The zero-order chi connectivity index (χ0) is 15.1. The SMILES string of the molecule is Clc1cc2nc(-c3ccccc3-c3ncc[nH]3)[nH]c2cc1Cl. The Morgan fingerprint density at radius 2 is 1.64 bits per heavy atom. The molecular formula is C16H10Cl2N4. The summed E-state index contributed by atoms with van der Waals surface area (Å²) in [5.41, 5.74) is 3.56. The summed E-state index contributed by atoms with van der Waals surface area (Å²) in [7, 11) is 0. The lowest BCUT2D eigenvalue weighted by atomic mass is 10.1. The van der Waals surface area contributed by atoms with Gasteiger partial charge >= 0.3 is 0 Å². The number of fused-ring (bicyclic) bond motifs is 1. The van der Waals surface area contributed by atoms with Gasteiger partial charge in [-0.25, -0.2) is 9.97 Å². The molecule has 0 aliphatic rings. The summed E-state index contributed by atoms with van der Waals surface area (Å²) in [6, 6.07) is 11.5. The fourth-order valence-corrected chi connectivity index (χ4v) is 2.76. The number of benzene rings is 2. The molecule has 2 N–H and O–H groups in total. The van der Waals surface area contributed by atoms with E-state index >= 15 is 0 Å². The van der Waals surface area contributed by atoms with Crippen LogP contribution in [0.25, 0.3) is 33.8 Å². The van der Waals surface area contributed by atoms with Crippen LogP contribution in [0.1, 0.15) is 0 Å². The fourth-order valence-electron chi connectivity index (χ4n) is 2.44. The zero-order valence-electron chi connectivity index (χ0n) is 11.3. The minimum atomic E-state index is 0.492. The van der Waals surface area contributed by atoms with Crippen LogP contribution in [0.5, 0.6) is 0 Å². The maximum Gasteiger partial charge on any atom is 0.139 e. The van der Waals surface area contributed by atoms with Gasteiger partial charge in [-0.2, -0.15) is 0 Å². The van der Waals surface area contributed by atoms with E-state index in [-0.39, 0.29) is 0 Å². The van der Waals surface area contributed by atoms with E-state index in [1.807, 2.05) is 24.3 Å². The van der Waals surface area contributed by atoms with Gasteiger partial charge in [-0.1, -0.05) is 47.5 Å². The van der Waals surface area contributed by atoms with Crippen LogP contribution in [-0.4, -0.2) is 19.9 Å². The van der Waals surface area contributed by atoms with Gasteiger partial charge in [-0.15, -0.1) is 0 Å². The Bertz CT molecular complexity index is 919. The summed E-state index contributed by atoms with van der Waals surface area (Å²) in [5, 5.41) is 0.996. The topological polar surface area (TPSA) is 57.4 Å². The fraction of sp³-hybridized carbons (Fsp3) is 0. The molecule has 0 fully saturated rings. The first kappa shape index (κ1) is 13.4. The first-order valence-electron chi connectivity index (χ1n) is 6.66. The predicted octanol–water partition coefficient (Wildman–Crippen LogP) is 4.93. The van der Waals surface area contributed by atoms with Crippen molar-refractivity contribution in [1.82, 2.24) is 19.9 Å². The predicted molar refractivity (Wildman–Crippen MR) is 89.1 cm³/mol. The van der Waals surface area contributed by atoms with Gasteiger partial charge in [0.1, 0.15) is 11.6 Å². The third kappa shape index (κ3) is 2.17. The normalized spacial score (nSPS) is 11.2. The van der Waals surface area contributed by atoms with Gasteiger partial charge in [0.25, 0.3) is 0 Å². The molecule has 0 amide bonds. The van der Waals surface area contributed by atoms with Crippen molar-refractivity contribution >= 4 is 34.2 Å². The summed E-state index contributed by atoms with van der Waals surface area (Å²) in [5.74, 6) is 1.55. The number of hydrogen-bond donors (Lipinski definition) is 2. The van der Waals surface area contributed by atoms with Crippen LogP contribution in [0.15, 0.2) is 48.8 Å². The third-order valence-corrected chi connectivity index (χ3v) is 4.18. The first-order chi connectivity index (χ1) is 10.7. The van der Waals surface area contributed by atoms with Gasteiger partial charge in [0.05, 0.1) is 21.1 Å². The summed E-state index contributed by atoms with van der Waals surface area (Å²) in [6.45, 7) is 0. The number of aromatic nitrogens is 4. The van der Waals surface area contributed by atoms with Crippen molar-refractivity contribution in [3.05, 3.63) is 58.8 Å². The van der Waals surface area contributed by atoms with E-state index < -0.39 is 0 Å². The molecule has 6 heteroatoms. The van der Waals surface area contributed by atoms with Gasteiger partial charge in [0.2, 0.25) is 0 Å². The highest BCUT2D eigenvalue weighted by Gasteiger charge is 2.13. The molecule has 4 nitrogen and oxygen atoms in total. The van der Waals surface area contributed by atoms with E-state index in [0.29, 0.717) is 10.0 Å². The van der Waals surface area contributed by atoms with Crippen LogP contribution in [0.4, 0.5) is 0 Å². The molecule has 0 atom stereocenters. The lowest BCUT2D eigenvalue weighted by Crippen LogP contribution is -1.88. The number of halogens is 2. The number of nitrogens with one attached hydrogen (secondary N) is 2. The van der Waals surface area contributed by atoms with Crippen molar-refractivity contribution in [2.75, 3.05) is 0 Å². The monoisotopic (exact) mass is 328 g/mol. The Morgan fingerprint density at radius 3 is 2.36 bits per heavy atom. The third-order valence-electron chi connectivity index (χ3n) is 3.46. The van der Waals surface area contributed by atoms with Gasteiger partial charge in [-0.05, 0) is 12.1 Å². The highest BCUT2D eigenvalue weighted by atomic mass is 35.5. The van der Waals surface area contributed by atoms with Crippen LogP contribution < -0.4 is 0 Å². The summed E-state index contributed by atoms with van der Waals surface area (Å²) < 4.78 is 0. The molecule has 0 radical (unpaired) electrons. The van der Waals surface area contributed by atoms with E-state index in [9.17, 15) is 0 Å². The summed E-state index contributed by atoms with van der Waals surface area (Å²) >= 11 is 12.1. The minimum absolute atomic E-state index is 0.492. The highest BCUT2D eigenvalue weighted by molar-refractivity contribution is 6.42. The van der Waals surface area contributed by atoms with E-state index in [0.717, 1.165) is 33.8 Å². The summed E-state index contributed by atoms with van der Waals surface area (Å²) in [4.78, 5) is 15.3. The van der Waals surface area contributed by atoms with Crippen LogP contribution in [0.3, 0.4) is 0 Å². The van der Waals surface area contributed by atoms with Gasteiger partial charge < -0.3 is 9.97 Å². The van der Waals surface area contributed by atoms with E-state index in [2.05, 4.69) is 19.9 Å². The Balaban J connectivity index is 1.93. The second-order valence-electron chi connectivity index (χ2n) is 4.85. The molecule has 2 aromatic carbocycles. The quantitative estimate of drug-likeness (QED) is 0.548. The molecule has 0 saturated carbocycles. The lowest BCUT2D eigenvalue weighted by molar-refractivity contribution is 1.28. The smallest absolute Gasteiger partial charge is 0.139 e. The highest BCUT2D eigenvalue weighted by Crippen LogP contribution is 2.32. The average molecular weight is 329 g/mol. The molecule has 2 aromatic heterocycles. The largest absolute Gasteiger partial charge is 0.345 e. The number of imidazole rings is 2. The molecule has 0 spiro atoms. The molecule has 4 aromatic rings. The van der Waals surface area contributed by atoms with Crippen molar-refractivity contribution in [2.24, 2.45) is 0 Å². The summed E-state index contributed by atoms with van der Waals surface area (Å²) in [6.07, 6.45) is 3.52. The van der Waals surface area contributed by atoms with Gasteiger partial charge in [0.15, 0.2) is 0 Å². The molecule has 0 bridgehead atoms. The van der Waals surface area contributed by atoms with Crippen molar-refractivity contribution in [1.29, 1.82) is 0 Å². The van der Waals surface area contributed by atoms with Gasteiger partial charge in [-0.3, -0.25) is 0 Å². The van der Waals surface area contributed by atoms with Crippen molar-refractivity contribution < 1.29 is 0 Å².